The van der Waals surface area contributed by atoms with Gasteiger partial charge in [-0.15, -0.1) is 0 Å². The first kappa shape index (κ1) is 11.3. The molecule has 1 aromatic rings. The number of nitrogen functional groups attached to an aromatic ring is 1. The van der Waals surface area contributed by atoms with Crippen molar-refractivity contribution in [3.8, 4) is 5.75 Å². The highest BCUT2D eigenvalue weighted by molar-refractivity contribution is 5.73. The molecule has 0 aliphatic carbocycles. The van der Waals surface area contributed by atoms with Gasteiger partial charge in [-0.25, -0.2) is 0 Å². The second kappa shape index (κ2) is 4.65. The van der Waals surface area contributed by atoms with Crippen molar-refractivity contribution in [2.24, 2.45) is 5.73 Å². The minimum absolute atomic E-state index is 0.0106. The van der Waals surface area contributed by atoms with Crippen LogP contribution in [0.1, 0.15) is 12.0 Å². The summed E-state index contributed by atoms with van der Waals surface area (Å²) < 4.78 is 0. The van der Waals surface area contributed by atoms with Crippen LogP contribution < -0.4 is 11.5 Å². The topological polar surface area (TPSA) is 110 Å². The fourth-order valence-corrected chi connectivity index (χ4v) is 1.25. The minimum atomic E-state index is -1.03. The van der Waals surface area contributed by atoms with Gasteiger partial charge >= 0.3 is 5.97 Å². The van der Waals surface area contributed by atoms with Crippen LogP contribution in [0.15, 0.2) is 18.2 Å². The summed E-state index contributed by atoms with van der Waals surface area (Å²) >= 11 is 0. The molecule has 0 heterocycles. The van der Waals surface area contributed by atoms with Gasteiger partial charge in [-0.05, 0) is 24.5 Å². The van der Waals surface area contributed by atoms with Crippen molar-refractivity contribution in [2.45, 2.75) is 18.9 Å². The zero-order chi connectivity index (χ0) is 11.4. The fourth-order valence-electron chi connectivity index (χ4n) is 1.25. The van der Waals surface area contributed by atoms with Gasteiger partial charge in [-0.3, -0.25) is 4.79 Å². The molecule has 5 nitrogen and oxygen atoms in total. The number of benzene rings is 1. The molecule has 0 aliphatic rings. The normalized spacial score (nSPS) is 12.3. The van der Waals surface area contributed by atoms with Gasteiger partial charge in [0.2, 0.25) is 0 Å². The van der Waals surface area contributed by atoms with E-state index < -0.39 is 12.0 Å². The Balaban J connectivity index is 2.66. The summed E-state index contributed by atoms with van der Waals surface area (Å²) in [5.41, 5.74) is 12.0. The van der Waals surface area contributed by atoms with Gasteiger partial charge in [0, 0.05) is 0 Å². The number of aromatic hydroxyl groups is 1. The van der Waals surface area contributed by atoms with Crippen molar-refractivity contribution >= 4 is 11.7 Å². The molecular weight excluding hydrogens is 196 g/mol. The number of rotatable bonds is 4. The van der Waals surface area contributed by atoms with Gasteiger partial charge in [-0.2, -0.15) is 0 Å². The van der Waals surface area contributed by atoms with Crippen molar-refractivity contribution in [3.05, 3.63) is 23.8 Å². The van der Waals surface area contributed by atoms with Gasteiger partial charge in [-0.1, -0.05) is 12.1 Å². The first-order valence-corrected chi connectivity index (χ1v) is 4.57. The molecule has 0 aromatic heterocycles. The summed E-state index contributed by atoms with van der Waals surface area (Å²) in [5.74, 6) is -1.02. The lowest BCUT2D eigenvalue weighted by atomic mass is 10.0. The quantitative estimate of drug-likeness (QED) is 0.422. The highest BCUT2D eigenvalue weighted by Crippen LogP contribution is 2.24. The van der Waals surface area contributed by atoms with Crippen LogP contribution >= 0.6 is 0 Å². The molecular formula is C10H14N2O3. The average molecular weight is 210 g/mol. The third-order valence-electron chi connectivity index (χ3n) is 2.22. The van der Waals surface area contributed by atoms with Crippen LogP contribution in [-0.2, 0) is 11.2 Å². The van der Waals surface area contributed by atoms with E-state index in [1.807, 2.05) is 0 Å². The largest absolute Gasteiger partial charge is 0.506 e. The standard InChI is InChI=1S/C10H14N2O3/c11-7(10(14)15)5-4-6-2-1-3-8(13)9(6)12/h1-3,7,13H,4-5,11-12H2,(H,14,15). The molecule has 82 valence electrons. The monoisotopic (exact) mass is 210 g/mol. The maximum atomic E-state index is 10.5. The Bertz CT molecular complexity index is 366. The third-order valence-corrected chi connectivity index (χ3v) is 2.22. The zero-order valence-corrected chi connectivity index (χ0v) is 8.18. The number of anilines is 1. The zero-order valence-electron chi connectivity index (χ0n) is 8.18. The summed E-state index contributed by atoms with van der Waals surface area (Å²) in [6.45, 7) is 0. The van der Waals surface area contributed by atoms with Gasteiger partial charge in [0.15, 0.2) is 0 Å². The molecule has 0 bridgehead atoms. The molecule has 1 unspecified atom stereocenters. The van der Waals surface area contributed by atoms with E-state index in [4.69, 9.17) is 16.6 Å². The summed E-state index contributed by atoms with van der Waals surface area (Å²) in [5, 5.41) is 17.9. The van der Waals surface area contributed by atoms with Crippen molar-refractivity contribution < 1.29 is 15.0 Å². The number of carbonyl (C=O) groups is 1. The molecule has 1 aromatic carbocycles. The lowest BCUT2D eigenvalue weighted by Crippen LogP contribution is -2.30. The minimum Gasteiger partial charge on any atom is -0.506 e. The van der Waals surface area contributed by atoms with E-state index in [-0.39, 0.29) is 11.4 Å². The lowest BCUT2D eigenvalue weighted by molar-refractivity contribution is -0.138. The molecule has 0 saturated heterocycles. The molecule has 0 spiro atoms. The SMILES string of the molecule is Nc1c(O)cccc1CCC(N)C(=O)O. The first-order valence-electron chi connectivity index (χ1n) is 4.57. The molecule has 0 saturated carbocycles. The Labute approximate surface area is 87.3 Å². The van der Waals surface area contributed by atoms with Crippen molar-refractivity contribution in [3.63, 3.8) is 0 Å². The molecule has 1 atom stereocenters. The second-order valence-corrected chi connectivity index (χ2v) is 3.33. The number of carboxylic acid groups (broad SMARTS) is 1. The van der Waals surface area contributed by atoms with Gasteiger partial charge in [0.05, 0.1) is 5.69 Å². The summed E-state index contributed by atoms with van der Waals surface area (Å²) in [7, 11) is 0. The molecule has 6 N–H and O–H groups in total. The Kier molecular flexibility index (Phi) is 3.51. The van der Waals surface area contributed by atoms with E-state index in [0.29, 0.717) is 18.4 Å². The average Bonchev–Trinajstić information content (AvgIpc) is 2.19. The molecule has 0 aliphatic heterocycles. The van der Waals surface area contributed by atoms with E-state index in [2.05, 4.69) is 0 Å². The molecule has 0 radical (unpaired) electrons. The predicted molar refractivity (Wildman–Crippen MR) is 56.5 cm³/mol. The Morgan fingerprint density at radius 2 is 2.13 bits per heavy atom. The van der Waals surface area contributed by atoms with Crippen molar-refractivity contribution in [2.75, 3.05) is 5.73 Å². The molecule has 15 heavy (non-hydrogen) atoms. The van der Waals surface area contributed by atoms with Crippen LogP contribution in [0.5, 0.6) is 5.75 Å². The Morgan fingerprint density at radius 3 is 2.73 bits per heavy atom. The van der Waals surface area contributed by atoms with Crippen LogP contribution in [0, 0.1) is 0 Å². The number of carboxylic acids is 1. The number of hydrogen-bond acceptors (Lipinski definition) is 4. The molecule has 0 amide bonds. The van der Waals surface area contributed by atoms with Crippen LogP contribution in [0.4, 0.5) is 5.69 Å². The highest BCUT2D eigenvalue weighted by Gasteiger charge is 2.12. The number of aliphatic carboxylic acids is 1. The van der Waals surface area contributed by atoms with Gasteiger partial charge in [0.25, 0.3) is 0 Å². The van der Waals surface area contributed by atoms with E-state index in [1.165, 1.54) is 6.07 Å². The maximum Gasteiger partial charge on any atom is 0.320 e. The molecule has 1 rings (SSSR count). The van der Waals surface area contributed by atoms with Crippen LogP contribution in [-0.4, -0.2) is 22.2 Å². The van der Waals surface area contributed by atoms with Crippen LogP contribution in [0.3, 0.4) is 0 Å². The van der Waals surface area contributed by atoms with Crippen LogP contribution in [0.25, 0.3) is 0 Å². The Hall–Kier alpha value is -1.75. The number of phenols is 1. The van der Waals surface area contributed by atoms with E-state index in [9.17, 15) is 9.90 Å². The maximum absolute atomic E-state index is 10.5. The fraction of sp³-hybridized carbons (Fsp3) is 0.300. The van der Waals surface area contributed by atoms with E-state index in [1.54, 1.807) is 12.1 Å². The Morgan fingerprint density at radius 1 is 1.47 bits per heavy atom. The smallest absolute Gasteiger partial charge is 0.320 e. The van der Waals surface area contributed by atoms with E-state index >= 15 is 0 Å². The second-order valence-electron chi connectivity index (χ2n) is 3.33. The number of aryl methyl sites for hydroxylation is 1. The van der Waals surface area contributed by atoms with Gasteiger partial charge < -0.3 is 21.7 Å². The number of phenolic OH excluding ortho intramolecular Hbond substituents is 1. The highest BCUT2D eigenvalue weighted by atomic mass is 16.4. The summed E-state index contributed by atoms with van der Waals surface area (Å²) in [6, 6.07) is 3.99. The first-order chi connectivity index (χ1) is 7.02. The van der Waals surface area contributed by atoms with Crippen molar-refractivity contribution in [1.29, 1.82) is 0 Å². The number of para-hydroxylation sites is 1. The predicted octanol–water partition coefficient (Wildman–Crippen LogP) is 0.319. The van der Waals surface area contributed by atoms with Gasteiger partial charge in [0.1, 0.15) is 11.8 Å². The van der Waals surface area contributed by atoms with E-state index in [0.717, 1.165) is 0 Å². The number of hydrogen-bond donors (Lipinski definition) is 4. The van der Waals surface area contributed by atoms with Crippen molar-refractivity contribution in [1.82, 2.24) is 0 Å². The lowest BCUT2D eigenvalue weighted by Gasteiger charge is -2.09. The number of nitrogens with two attached hydrogens (primary N) is 2. The third kappa shape index (κ3) is 2.85. The summed E-state index contributed by atoms with van der Waals surface area (Å²) in [4.78, 5) is 10.5. The summed E-state index contributed by atoms with van der Waals surface area (Å²) in [6.07, 6.45) is 0.733. The van der Waals surface area contributed by atoms with Crippen LogP contribution in [0.2, 0.25) is 0 Å². The molecule has 0 fully saturated rings. The molecule has 5 heteroatoms.